The number of hydrogen-bond acceptors (Lipinski definition) is 3. The van der Waals surface area contributed by atoms with E-state index >= 15 is 0 Å². The van der Waals surface area contributed by atoms with Crippen LogP contribution in [0.2, 0.25) is 5.02 Å². The zero-order chi connectivity index (χ0) is 10.6. The number of ether oxygens (including phenoxy) is 1. The predicted octanol–water partition coefficient (Wildman–Crippen LogP) is 1.18. The third kappa shape index (κ3) is 2.83. The Morgan fingerprint density at radius 3 is 2.86 bits per heavy atom. The van der Waals surface area contributed by atoms with E-state index in [4.69, 9.17) is 27.2 Å². The second kappa shape index (κ2) is 5.14. The Morgan fingerprint density at radius 2 is 2.29 bits per heavy atom. The van der Waals surface area contributed by atoms with Gasteiger partial charge >= 0.3 is 0 Å². The fraction of sp³-hybridized carbons (Fsp3) is 0.333. The molecular weight excluding hydrogens is 209 g/mol. The Balaban J connectivity index is 2.66. The van der Waals surface area contributed by atoms with E-state index in [2.05, 4.69) is 0 Å². The van der Waals surface area contributed by atoms with Crippen LogP contribution in [-0.4, -0.2) is 24.4 Å². The largest absolute Gasteiger partial charge is 0.486 e. The van der Waals surface area contributed by atoms with E-state index < -0.39 is 11.9 Å². The van der Waals surface area contributed by atoms with E-state index in [-0.39, 0.29) is 23.9 Å². The lowest BCUT2D eigenvalue weighted by Gasteiger charge is -2.11. The first-order chi connectivity index (χ1) is 6.65. The first kappa shape index (κ1) is 11.2. The number of rotatable bonds is 4. The first-order valence-electron chi connectivity index (χ1n) is 4.10. The van der Waals surface area contributed by atoms with Gasteiger partial charge in [0.05, 0.1) is 5.02 Å². The molecule has 0 unspecified atom stereocenters. The standard InChI is InChI=1S/C9H11ClFNO2/c10-7-2-1-3-8(11)9(7)14-5-6(13)4-12/h1-3,6,13H,4-5,12H2/t6-/m1/s1. The van der Waals surface area contributed by atoms with Gasteiger partial charge < -0.3 is 15.6 Å². The Labute approximate surface area is 86.2 Å². The zero-order valence-corrected chi connectivity index (χ0v) is 8.17. The van der Waals surface area contributed by atoms with Gasteiger partial charge in [0.1, 0.15) is 12.7 Å². The quantitative estimate of drug-likeness (QED) is 0.800. The number of halogens is 2. The summed E-state index contributed by atoms with van der Waals surface area (Å²) in [5.74, 6) is -0.608. The summed E-state index contributed by atoms with van der Waals surface area (Å²) in [6.07, 6.45) is -0.814. The van der Waals surface area contributed by atoms with Gasteiger partial charge in [-0.15, -0.1) is 0 Å². The monoisotopic (exact) mass is 219 g/mol. The van der Waals surface area contributed by atoms with Gasteiger partial charge in [0.2, 0.25) is 0 Å². The summed E-state index contributed by atoms with van der Waals surface area (Å²) in [6, 6.07) is 4.22. The molecule has 0 bridgehead atoms. The number of hydrogen-bond donors (Lipinski definition) is 2. The van der Waals surface area contributed by atoms with Crippen molar-refractivity contribution < 1.29 is 14.2 Å². The highest BCUT2D eigenvalue weighted by atomic mass is 35.5. The predicted molar refractivity (Wildman–Crippen MR) is 52.0 cm³/mol. The molecule has 0 radical (unpaired) electrons. The highest BCUT2D eigenvalue weighted by Crippen LogP contribution is 2.27. The van der Waals surface area contributed by atoms with Gasteiger partial charge in [-0.2, -0.15) is 0 Å². The summed E-state index contributed by atoms with van der Waals surface area (Å²) >= 11 is 5.68. The summed E-state index contributed by atoms with van der Waals surface area (Å²) in [6.45, 7) is -0.0107. The summed E-state index contributed by atoms with van der Waals surface area (Å²) in [5.41, 5.74) is 5.16. The molecule has 0 spiro atoms. The number of nitrogens with two attached hydrogens (primary N) is 1. The van der Waals surface area contributed by atoms with Gasteiger partial charge in [-0.1, -0.05) is 17.7 Å². The van der Waals surface area contributed by atoms with Crippen LogP contribution in [0.15, 0.2) is 18.2 Å². The highest BCUT2D eigenvalue weighted by molar-refractivity contribution is 6.32. The average Bonchev–Trinajstić information content (AvgIpc) is 2.16. The molecule has 0 saturated heterocycles. The van der Waals surface area contributed by atoms with Crippen LogP contribution in [0.25, 0.3) is 0 Å². The molecule has 0 fully saturated rings. The van der Waals surface area contributed by atoms with Crippen molar-refractivity contribution in [3.63, 3.8) is 0 Å². The minimum absolute atomic E-state index is 0.0540. The number of aliphatic hydroxyl groups excluding tert-OH is 1. The van der Waals surface area contributed by atoms with Gasteiger partial charge in [0, 0.05) is 6.54 Å². The van der Waals surface area contributed by atoms with Crippen LogP contribution >= 0.6 is 11.6 Å². The number of benzene rings is 1. The second-order valence-electron chi connectivity index (χ2n) is 2.75. The molecule has 0 aliphatic rings. The maximum Gasteiger partial charge on any atom is 0.173 e. The van der Waals surface area contributed by atoms with E-state index in [0.29, 0.717) is 0 Å². The number of aliphatic hydroxyl groups is 1. The van der Waals surface area contributed by atoms with Gasteiger partial charge in [-0.3, -0.25) is 0 Å². The summed E-state index contributed by atoms with van der Waals surface area (Å²) in [5, 5.41) is 9.26. The van der Waals surface area contributed by atoms with Crippen molar-refractivity contribution in [2.45, 2.75) is 6.10 Å². The molecule has 3 N–H and O–H groups in total. The lowest BCUT2D eigenvalue weighted by molar-refractivity contribution is 0.112. The SMILES string of the molecule is NC[C@@H](O)COc1c(F)cccc1Cl. The fourth-order valence-electron chi connectivity index (χ4n) is 0.868. The molecular formula is C9H11ClFNO2. The Bertz CT molecular complexity index is 289. The molecule has 1 rings (SSSR count). The van der Waals surface area contributed by atoms with Crippen LogP contribution in [0.4, 0.5) is 4.39 Å². The van der Waals surface area contributed by atoms with E-state index in [1.54, 1.807) is 0 Å². The van der Waals surface area contributed by atoms with E-state index in [1.165, 1.54) is 18.2 Å². The van der Waals surface area contributed by atoms with Crippen molar-refractivity contribution in [2.75, 3.05) is 13.2 Å². The van der Waals surface area contributed by atoms with Gasteiger partial charge in [-0.05, 0) is 12.1 Å². The van der Waals surface area contributed by atoms with Crippen LogP contribution in [-0.2, 0) is 0 Å². The molecule has 0 saturated carbocycles. The molecule has 14 heavy (non-hydrogen) atoms. The maximum absolute atomic E-state index is 13.1. The van der Waals surface area contributed by atoms with Gasteiger partial charge in [-0.25, -0.2) is 4.39 Å². The minimum atomic E-state index is -0.814. The molecule has 1 aromatic rings. The van der Waals surface area contributed by atoms with Crippen LogP contribution in [0.5, 0.6) is 5.75 Å². The molecule has 1 aromatic carbocycles. The van der Waals surface area contributed by atoms with Gasteiger partial charge in [0.15, 0.2) is 11.6 Å². The highest BCUT2D eigenvalue weighted by Gasteiger charge is 2.09. The smallest absolute Gasteiger partial charge is 0.173 e. The van der Waals surface area contributed by atoms with Crippen LogP contribution in [0.3, 0.4) is 0 Å². The number of para-hydroxylation sites is 1. The molecule has 78 valence electrons. The van der Waals surface area contributed by atoms with Crippen LogP contribution in [0.1, 0.15) is 0 Å². The molecule has 3 nitrogen and oxygen atoms in total. The third-order valence-electron chi connectivity index (χ3n) is 1.61. The topological polar surface area (TPSA) is 55.5 Å². The minimum Gasteiger partial charge on any atom is -0.486 e. The Morgan fingerprint density at radius 1 is 1.57 bits per heavy atom. The molecule has 5 heteroatoms. The third-order valence-corrected chi connectivity index (χ3v) is 1.91. The van der Waals surface area contributed by atoms with Crippen molar-refractivity contribution in [1.29, 1.82) is 0 Å². The molecule has 1 atom stereocenters. The van der Waals surface area contributed by atoms with E-state index in [9.17, 15) is 4.39 Å². The van der Waals surface area contributed by atoms with Crippen molar-refractivity contribution in [1.82, 2.24) is 0 Å². The molecule has 0 aliphatic carbocycles. The normalized spacial score (nSPS) is 12.6. The summed E-state index contributed by atoms with van der Waals surface area (Å²) < 4.78 is 18.1. The molecule has 0 aromatic heterocycles. The fourth-order valence-corrected chi connectivity index (χ4v) is 1.09. The first-order valence-corrected chi connectivity index (χ1v) is 4.48. The second-order valence-corrected chi connectivity index (χ2v) is 3.16. The Kier molecular flexibility index (Phi) is 4.13. The molecule has 0 heterocycles. The van der Waals surface area contributed by atoms with Crippen molar-refractivity contribution >= 4 is 11.6 Å². The van der Waals surface area contributed by atoms with Crippen molar-refractivity contribution in [2.24, 2.45) is 5.73 Å². The van der Waals surface area contributed by atoms with Crippen LogP contribution < -0.4 is 10.5 Å². The molecule has 0 aliphatic heterocycles. The van der Waals surface area contributed by atoms with Crippen molar-refractivity contribution in [3.8, 4) is 5.75 Å². The van der Waals surface area contributed by atoms with Crippen LogP contribution in [0, 0.1) is 5.82 Å². The average molecular weight is 220 g/mol. The van der Waals surface area contributed by atoms with Crippen molar-refractivity contribution in [3.05, 3.63) is 29.0 Å². The maximum atomic E-state index is 13.1. The lowest BCUT2D eigenvalue weighted by atomic mass is 10.3. The van der Waals surface area contributed by atoms with Gasteiger partial charge in [0.25, 0.3) is 0 Å². The van der Waals surface area contributed by atoms with E-state index in [0.717, 1.165) is 0 Å². The summed E-state index contributed by atoms with van der Waals surface area (Å²) in [7, 11) is 0. The zero-order valence-electron chi connectivity index (χ0n) is 7.41. The summed E-state index contributed by atoms with van der Waals surface area (Å²) in [4.78, 5) is 0. The van der Waals surface area contributed by atoms with E-state index in [1.807, 2.05) is 0 Å². The molecule has 0 amide bonds. The Hall–Kier alpha value is -0.840. The lowest BCUT2D eigenvalue weighted by Crippen LogP contribution is -2.26.